The first-order valence-electron chi connectivity index (χ1n) is 9.28. The van der Waals surface area contributed by atoms with Crippen LogP contribution in [0.1, 0.15) is 40.6 Å². The van der Waals surface area contributed by atoms with Crippen molar-refractivity contribution in [1.82, 2.24) is 10.0 Å². The lowest BCUT2D eigenvalue weighted by Gasteiger charge is -2.28. The fourth-order valence-corrected chi connectivity index (χ4v) is 4.61. The van der Waals surface area contributed by atoms with E-state index in [-0.39, 0.29) is 16.8 Å². The second-order valence-corrected chi connectivity index (χ2v) is 8.61. The maximum atomic E-state index is 12.5. The number of benzene rings is 3. The Morgan fingerprint density at radius 2 is 1.59 bits per heavy atom. The van der Waals surface area contributed by atoms with Crippen LogP contribution in [0.25, 0.3) is 0 Å². The van der Waals surface area contributed by atoms with Crippen molar-refractivity contribution in [2.24, 2.45) is 0 Å². The van der Waals surface area contributed by atoms with E-state index >= 15 is 0 Å². The van der Waals surface area contributed by atoms with E-state index in [0.29, 0.717) is 11.3 Å². The lowest BCUT2D eigenvalue weighted by molar-refractivity contribution is 0.0940. The average molecular weight is 407 g/mol. The molecule has 3 aromatic rings. The Morgan fingerprint density at radius 3 is 2.31 bits per heavy atom. The monoisotopic (exact) mass is 407 g/mol. The molecule has 0 saturated carbocycles. The van der Waals surface area contributed by atoms with Crippen LogP contribution >= 0.6 is 0 Å². The van der Waals surface area contributed by atoms with E-state index < -0.39 is 16.2 Å². The molecule has 2 atom stereocenters. The highest BCUT2D eigenvalue weighted by Gasteiger charge is 2.29. The van der Waals surface area contributed by atoms with Crippen molar-refractivity contribution in [1.29, 1.82) is 0 Å². The minimum atomic E-state index is -3.60. The number of amides is 1. The maximum absolute atomic E-state index is 12.5. The number of rotatable bonds is 4. The number of carbonyl (C=O) groups is 1. The number of para-hydroxylation sites is 1. The van der Waals surface area contributed by atoms with Crippen molar-refractivity contribution in [2.45, 2.75) is 24.0 Å². The third kappa shape index (κ3) is 4.01. The zero-order valence-electron chi connectivity index (χ0n) is 15.8. The first kappa shape index (κ1) is 19.2. The number of anilines is 1. The van der Waals surface area contributed by atoms with Crippen molar-refractivity contribution in [3.63, 3.8) is 0 Å². The highest BCUT2D eigenvalue weighted by atomic mass is 32.2. The third-order valence-electron chi connectivity index (χ3n) is 4.90. The number of nitrogens with one attached hydrogen (secondary N) is 3. The van der Waals surface area contributed by atoms with Crippen LogP contribution in [0.5, 0.6) is 0 Å². The smallest absolute Gasteiger partial charge is 0.251 e. The summed E-state index contributed by atoms with van der Waals surface area (Å²) in [6.07, 6.45) is -0.602. The van der Waals surface area contributed by atoms with Crippen molar-refractivity contribution in [3.05, 3.63) is 95.6 Å². The van der Waals surface area contributed by atoms with Gasteiger partial charge < -0.3 is 10.6 Å². The molecular formula is C22H21N3O3S. The standard InChI is InChI=1S/C22H21N3O3S/c1-15(16-7-3-2-4-8-16)23-22(26)18-13-11-17(12-14-18)21-24-19-9-5-6-10-20(19)29(27,28)25-21/h2-15,21,24-25H,1H3,(H,23,26)/t15-,21+/m0/s1. The number of sulfonamides is 1. The zero-order valence-corrected chi connectivity index (χ0v) is 16.6. The van der Waals surface area contributed by atoms with Crippen LogP contribution < -0.4 is 15.4 Å². The molecule has 0 radical (unpaired) electrons. The highest BCUT2D eigenvalue weighted by molar-refractivity contribution is 7.89. The van der Waals surface area contributed by atoms with Gasteiger partial charge in [0.1, 0.15) is 11.1 Å². The van der Waals surface area contributed by atoms with Crippen LogP contribution in [0.3, 0.4) is 0 Å². The highest BCUT2D eigenvalue weighted by Crippen LogP contribution is 2.30. The lowest BCUT2D eigenvalue weighted by Crippen LogP contribution is -2.38. The van der Waals surface area contributed by atoms with Crippen molar-refractivity contribution < 1.29 is 13.2 Å². The molecule has 29 heavy (non-hydrogen) atoms. The molecule has 0 aromatic heterocycles. The summed E-state index contributed by atoms with van der Waals surface area (Å²) in [7, 11) is -3.60. The summed E-state index contributed by atoms with van der Waals surface area (Å²) >= 11 is 0. The SMILES string of the molecule is C[C@H](NC(=O)c1ccc([C@@H]2Nc3ccccc3S(=O)(=O)N2)cc1)c1ccccc1. The van der Waals surface area contributed by atoms with Crippen LogP contribution in [-0.4, -0.2) is 14.3 Å². The predicted octanol–water partition coefficient (Wildman–Crippen LogP) is 3.58. The van der Waals surface area contributed by atoms with Gasteiger partial charge in [0.05, 0.1) is 11.7 Å². The molecular weight excluding hydrogens is 386 g/mol. The molecule has 1 aliphatic rings. The van der Waals surface area contributed by atoms with Crippen LogP contribution in [0.4, 0.5) is 5.69 Å². The molecule has 0 saturated heterocycles. The first-order valence-corrected chi connectivity index (χ1v) is 10.8. The molecule has 0 aliphatic carbocycles. The van der Waals surface area contributed by atoms with Gasteiger partial charge >= 0.3 is 0 Å². The van der Waals surface area contributed by atoms with Gasteiger partial charge in [-0.15, -0.1) is 0 Å². The molecule has 1 amide bonds. The van der Waals surface area contributed by atoms with Gasteiger partial charge in [0.25, 0.3) is 5.91 Å². The van der Waals surface area contributed by atoms with Crippen molar-refractivity contribution >= 4 is 21.6 Å². The lowest BCUT2D eigenvalue weighted by atomic mass is 10.1. The number of hydrogen-bond donors (Lipinski definition) is 3. The fraction of sp³-hybridized carbons (Fsp3) is 0.136. The minimum Gasteiger partial charge on any atom is -0.364 e. The molecule has 7 heteroatoms. The molecule has 0 spiro atoms. The summed E-state index contributed by atoms with van der Waals surface area (Å²) in [6, 6.07) is 23.2. The summed E-state index contributed by atoms with van der Waals surface area (Å²) in [5, 5.41) is 6.15. The second-order valence-electron chi connectivity index (χ2n) is 6.92. The van der Waals surface area contributed by atoms with Gasteiger partial charge in [-0.25, -0.2) is 8.42 Å². The quantitative estimate of drug-likeness (QED) is 0.617. The molecule has 4 rings (SSSR count). The summed E-state index contributed by atoms with van der Waals surface area (Å²) < 4.78 is 27.6. The zero-order chi connectivity index (χ0) is 20.4. The predicted molar refractivity (Wildman–Crippen MR) is 112 cm³/mol. The normalized spacial score (nSPS) is 18.2. The van der Waals surface area contributed by atoms with Gasteiger partial charge in [0.15, 0.2) is 0 Å². The number of hydrogen-bond acceptors (Lipinski definition) is 4. The molecule has 148 valence electrons. The molecule has 3 N–H and O–H groups in total. The van der Waals surface area contributed by atoms with E-state index in [1.807, 2.05) is 37.3 Å². The van der Waals surface area contributed by atoms with Gasteiger partial charge in [-0.3, -0.25) is 4.79 Å². The van der Waals surface area contributed by atoms with E-state index in [0.717, 1.165) is 11.1 Å². The van der Waals surface area contributed by atoms with Crippen LogP contribution in [0.15, 0.2) is 83.8 Å². The fourth-order valence-electron chi connectivity index (χ4n) is 3.31. The van der Waals surface area contributed by atoms with Gasteiger partial charge in [-0.1, -0.05) is 54.6 Å². The van der Waals surface area contributed by atoms with Gasteiger partial charge in [-0.05, 0) is 42.3 Å². The van der Waals surface area contributed by atoms with Crippen LogP contribution in [0, 0.1) is 0 Å². The number of fused-ring (bicyclic) bond motifs is 1. The molecule has 0 unspecified atom stereocenters. The molecule has 1 aliphatic heterocycles. The van der Waals surface area contributed by atoms with Crippen molar-refractivity contribution in [3.8, 4) is 0 Å². The minimum absolute atomic E-state index is 0.119. The Bertz CT molecular complexity index is 1130. The summed E-state index contributed by atoms with van der Waals surface area (Å²) in [5.74, 6) is -0.185. The number of carbonyl (C=O) groups excluding carboxylic acids is 1. The third-order valence-corrected chi connectivity index (χ3v) is 6.38. The second kappa shape index (κ2) is 7.69. The largest absolute Gasteiger partial charge is 0.364 e. The summed E-state index contributed by atoms with van der Waals surface area (Å²) in [5.41, 5.74) is 2.80. The maximum Gasteiger partial charge on any atom is 0.251 e. The molecule has 3 aromatic carbocycles. The summed E-state index contributed by atoms with van der Waals surface area (Å²) in [4.78, 5) is 12.8. The van der Waals surface area contributed by atoms with Gasteiger partial charge in [0.2, 0.25) is 10.0 Å². The van der Waals surface area contributed by atoms with Crippen LogP contribution in [-0.2, 0) is 10.0 Å². The van der Waals surface area contributed by atoms with Gasteiger partial charge in [-0.2, -0.15) is 4.72 Å². The molecule has 0 bridgehead atoms. The summed E-state index contributed by atoms with van der Waals surface area (Å²) in [6.45, 7) is 1.93. The molecule has 1 heterocycles. The van der Waals surface area contributed by atoms with E-state index in [4.69, 9.17) is 0 Å². The molecule has 0 fully saturated rings. The molecule has 6 nitrogen and oxygen atoms in total. The topological polar surface area (TPSA) is 87.3 Å². The van der Waals surface area contributed by atoms with E-state index in [1.165, 1.54) is 0 Å². The van der Waals surface area contributed by atoms with E-state index in [9.17, 15) is 13.2 Å². The Hall–Kier alpha value is -3.16. The Balaban J connectivity index is 1.49. The first-order chi connectivity index (χ1) is 13.9. The van der Waals surface area contributed by atoms with Gasteiger partial charge in [0, 0.05) is 5.56 Å². The Labute approximate surface area is 170 Å². The van der Waals surface area contributed by atoms with E-state index in [2.05, 4.69) is 15.4 Å². The van der Waals surface area contributed by atoms with E-state index in [1.54, 1.807) is 48.5 Å². The Kier molecular flexibility index (Phi) is 5.08. The Morgan fingerprint density at radius 1 is 0.931 bits per heavy atom. The van der Waals surface area contributed by atoms with Crippen LogP contribution in [0.2, 0.25) is 0 Å². The van der Waals surface area contributed by atoms with Crippen molar-refractivity contribution in [2.75, 3.05) is 5.32 Å². The average Bonchev–Trinajstić information content (AvgIpc) is 2.74.